The Kier molecular flexibility index (Phi) is 5.47. The fraction of sp³-hybridized carbons (Fsp3) is 0.400. The second kappa shape index (κ2) is 7.95. The molecule has 126 valence electrons. The summed E-state index contributed by atoms with van der Waals surface area (Å²) in [6.07, 6.45) is 8.02. The summed E-state index contributed by atoms with van der Waals surface area (Å²) in [7, 11) is 0. The Morgan fingerprint density at radius 3 is 2.79 bits per heavy atom. The van der Waals surface area contributed by atoms with Gasteiger partial charge in [0.15, 0.2) is 0 Å². The van der Waals surface area contributed by atoms with Gasteiger partial charge in [0.25, 0.3) is 5.91 Å². The molecule has 0 bridgehead atoms. The van der Waals surface area contributed by atoms with Gasteiger partial charge in [-0.1, -0.05) is 49.1 Å². The zero-order chi connectivity index (χ0) is 16.8. The molecule has 0 atom stereocenters. The van der Waals surface area contributed by atoms with E-state index in [0.717, 1.165) is 11.3 Å². The van der Waals surface area contributed by atoms with Crippen molar-refractivity contribution in [2.45, 2.75) is 51.6 Å². The van der Waals surface area contributed by atoms with Crippen LogP contribution < -0.4 is 10.6 Å². The van der Waals surface area contributed by atoms with Gasteiger partial charge in [-0.05, 0) is 37.5 Å². The Labute approximate surface area is 143 Å². The molecule has 24 heavy (non-hydrogen) atoms. The van der Waals surface area contributed by atoms with Crippen LogP contribution in [0, 0.1) is 6.92 Å². The first-order chi connectivity index (χ1) is 11.7. The van der Waals surface area contributed by atoms with E-state index in [4.69, 9.17) is 0 Å². The first-order valence-corrected chi connectivity index (χ1v) is 8.77. The van der Waals surface area contributed by atoms with E-state index in [1.165, 1.54) is 37.7 Å². The number of benzene rings is 1. The minimum absolute atomic E-state index is 0.135. The first kappa shape index (κ1) is 16.5. The normalized spacial score (nSPS) is 15.0. The van der Waals surface area contributed by atoms with Crippen molar-refractivity contribution in [1.29, 1.82) is 0 Å². The van der Waals surface area contributed by atoms with E-state index in [-0.39, 0.29) is 5.91 Å². The third-order valence-electron chi connectivity index (χ3n) is 4.50. The molecule has 2 N–H and O–H groups in total. The Balaban J connectivity index is 1.59. The van der Waals surface area contributed by atoms with Crippen LogP contribution in [0.25, 0.3) is 0 Å². The van der Waals surface area contributed by atoms with Gasteiger partial charge in [0, 0.05) is 24.5 Å². The number of hydrogen-bond acceptors (Lipinski definition) is 3. The van der Waals surface area contributed by atoms with Crippen molar-refractivity contribution in [2.24, 2.45) is 0 Å². The van der Waals surface area contributed by atoms with Crippen LogP contribution >= 0.6 is 0 Å². The summed E-state index contributed by atoms with van der Waals surface area (Å²) in [6.45, 7) is 2.57. The highest BCUT2D eigenvalue weighted by Crippen LogP contribution is 2.21. The van der Waals surface area contributed by atoms with Crippen molar-refractivity contribution < 1.29 is 4.79 Å². The van der Waals surface area contributed by atoms with Gasteiger partial charge < -0.3 is 10.6 Å². The molecule has 1 amide bonds. The summed E-state index contributed by atoms with van der Waals surface area (Å²) in [5, 5.41) is 6.48. The van der Waals surface area contributed by atoms with Gasteiger partial charge in [-0.25, -0.2) is 0 Å². The molecule has 0 spiro atoms. The minimum Gasteiger partial charge on any atom is -0.382 e. The monoisotopic (exact) mass is 323 g/mol. The SMILES string of the molecule is Cc1cccc(CNC(=O)c2cc(NC3CCCCC3)ccn2)c1. The standard InChI is InChI=1S/C20H25N3O/c1-15-6-5-7-16(12-15)14-22-20(24)19-13-18(10-11-21-19)23-17-8-3-2-4-9-17/h5-7,10-13,17H,2-4,8-9,14H2,1H3,(H,21,23)(H,22,24). The summed E-state index contributed by atoms with van der Waals surface area (Å²) in [6, 6.07) is 12.4. The van der Waals surface area contributed by atoms with E-state index in [1.807, 2.05) is 37.3 Å². The zero-order valence-electron chi connectivity index (χ0n) is 14.2. The molecule has 1 fully saturated rings. The van der Waals surface area contributed by atoms with Crippen LogP contribution in [-0.4, -0.2) is 16.9 Å². The number of pyridine rings is 1. The van der Waals surface area contributed by atoms with Gasteiger partial charge in [0.05, 0.1) is 0 Å². The molecule has 0 radical (unpaired) electrons. The molecular formula is C20H25N3O. The van der Waals surface area contributed by atoms with Crippen molar-refractivity contribution in [2.75, 3.05) is 5.32 Å². The maximum Gasteiger partial charge on any atom is 0.270 e. The largest absolute Gasteiger partial charge is 0.382 e. The van der Waals surface area contributed by atoms with Gasteiger partial charge >= 0.3 is 0 Å². The van der Waals surface area contributed by atoms with Crippen molar-refractivity contribution in [3.8, 4) is 0 Å². The molecular weight excluding hydrogens is 298 g/mol. The second-order valence-electron chi connectivity index (χ2n) is 6.58. The number of rotatable bonds is 5. The number of nitrogens with zero attached hydrogens (tertiary/aromatic N) is 1. The van der Waals surface area contributed by atoms with Crippen LogP contribution in [0.5, 0.6) is 0 Å². The number of carbonyl (C=O) groups is 1. The molecule has 1 aromatic heterocycles. The van der Waals surface area contributed by atoms with Crippen molar-refractivity contribution in [3.05, 3.63) is 59.4 Å². The third-order valence-corrected chi connectivity index (χ3v) is 4.50. The van der Waals surface area contributed by atoms with Gasteiger partial charge in [-0.2, -0.15) is 0 Å². The average Bonchev–Trinajstić information content (AvgIpc) is 2.61. The van der Waals surface area contributed by atoms with E-state index in [0.29, 0.717) is 18.3 Å². The molecule has 1 heterocycles. The lowest BCUT2D eigenvalue weighted by Crippen LogP contribution is -2.25. The van der Waals surface area contributed by atoms with Crippen LogP contribution in [0.3, 0.4) is 0 Å². The van der Waals surface area contributed by atoms with Gasteiger partial charge in [0.1, 0.15) is 5.69 Å². The van der Waals surface area contributed by atoms with Gasteiger partial charge in [-0.15, -0.1) is 0 Å². The zero-order valence-corrected chi connectivity index (χ0v) is 14.2. The molecule has 1 aliphatic rings. The maximum absolute atomic E-state index is 12.3. The maximum atomic E-state index is 12.3. The summed E-state index contributed by atoms with van der Waals surface area (Å²) >= 11 is 0. The van der Waals surface area contributed by atoms with Gasteiger partial charge in [-0.3, -0.25) is 9.78 Å². The van der Waals surface area contributed by atoms with E-state index >= 15 is 0 Å². The van der Waals surface area contributed by atoms with Crippen LogP contribution in [0.4, 0.5) is 5.69 Å². The predicted octanol–water partition coefficient (Wildman–Crippen LogP) is 4.06. The quantitative estimate of drug-likeness (QED) is 0.872. The second-order valence-corrected chi connectivity index (χ2v) is 6.58. The molecule has 4 heteroatoms. The summed E-state index contributed by atoms with van der Waals surface area (Å²) in [5.74, 6) is -0.135. The summed E-state index contributed by atoms with van der Waals surface area (Å²) < 4.78 is 0. The lowest BCUT2D eigenvalue weighted by molar-refractivity contribution is 0.0946. The fourth-order valence-corrected chi connectivity index (χ4v) is 3.22. The lowest BCUT2D eigenvalue weighted by atomic mass is 9.95. The first-order valence-electron chi connectivity index (χ1n) is 8.77. The number of carbonyl (C=O) groups excluding carboxylic acids is 1. The molecule has 3 rings (SSSR count). The van der Waals surface area contributed by atoms with Crippen molar-refractivity contribution in [1.82, 2.24) is 10.3 Å². The number of aromatic nitrogens is 1. The predicted molar refractivity (Wildman–Crippen MR) is 97.1 cm³/mol. The number of nitrogens with one attached hydrogen (secondary N) is 2. The topological polar surface area (TPSA) is 54.0 Å². The van der Waals surface area contributed by atoms with E-state index in [9.17, 15) is 4.79 Å². The van der Waals surface area contributed by atoms with Crippen LogP contribution in [0.2, 0.25) is 0 Å². The molecule has 2 aromatic rings. The Bertz CT molecular complexity index is 693. The van der Waals surface area contributed by atoms with Gasteiger partial charge in [0.2, 0.25) is 0 Å². The Morgan fingerprint density at radius 2 is 2.00 bits per heavy atom. The molecule has 0 saturated heterocycles. The number of aryl methyl sites for hydroxylation is 1. The Hall–Kier alpha value is -2.36. The molecule has 1 aliphatic carbocycles. The minimum atomic E-state index is -0.135. The lowest BCUT2D eigenvalue weighted by Gasteiger charge is -2.23. The molecule has 4 nitrogen and oxygen atoms in total. The Morgan fingerprint density at radius 1 is 1.17 bits per heavy atom. The fourth-order valence-electron chi connectivity index (χ4n) is 3.22. The average molecular weight is 323 g/mol. The highest BCUT2D eigenvalue weighted by atomic mass is 16.1. The van der Waals surface area contributed by atoms with Crippen molar-refractivity contribution in [3.63, 3.8) is 0 Å². The van der Waals surface area contributed by atoms with E-state index in [2.05, 4.69) is 21.7 Å². The third kappa shape index (κ3) is 4.57. The van der Waals surface area contributed by atoms with Crippen molar-refractivity contribution >= 4 is 11.6 Å². The summed E-state index contributed by atoms with van der Waals surface area (Å²) in [4.78, 5) is 16.6. The summed E-state index contributed by atoms with van der Waals surface area (Å²) in [5.41, 5.74) is 3.74. The van der Waals surface area contributed by atoms with E-state index < -0.39 is 0 Å². The number of amides is 1. The molecule has 0 unspecified atom stereocenters. The highest BCUT2D eigenvalue weighted by Gasteiger charge is 2.14. The number of hydrogen-bond donors (Lipinski definition) is 2. The highest BCUT2D eigenvalue weighted by molar-refractivity contribution is 5.93. The smallest absolute Gasteiger partial charge is 0.270 e. The molecule has 1 aromatic carbocycles. The van der Waals surface area contributed by atoms with Crippen LogP contribution in [-0.2, 0) is 6.54 Å². The van der Waals surface area contributed by atoms with E-state index in [1.54, 1.807) is 6.20 Å². The van der Waals surface area contributed by atoms with Crippen LogP contribution in [0.15, 0.2) is 42.6 Å². The van der Waals surface area contributed by atoms with Crippen LogP contribution in [0.1, 0.15) is 53.7 Å². The molecule has 1 saturated carbocycles. The molecule has 0 aliphatic heterocycles. The number of anilines is 1.